The Balaban J connectivity index is 1.67. The number of nitrogens with one attached hydrogen (secondary N) is 1. The molecule has 2 aliphatic heterocycles. The smallest absolute Gasteiger partial charge is 0.124 e. The molecule has 92 valence electrons. The summed E-state index contributed by atoms with van der Waals surface area (Å²) in [6.07, 6.45) is 0. The van der Waals surface area contributed by atoms with Gasteiger partial charge < -0.3 is 5.32 Å². The standard InChI is InChI=1S/C13H16ClFN2/c14-13-3-12(15)2-1-9(13)6-17-7-10-4-16-5-11(10)8-17/h1-3,10-11,16H,4-8H2. The Morgan fingerprint density at radius 3 is 2.65 bits per heavy atom. The molecular formula is C13H16ClFN2. The second-order valence-electron chi connectivity index (χ2n) is 5.11. The molecule has 1 aromatic carbocycles. The van der Waals surface area contributed by atoms with Gasteiger partial charge in [-0.15, -0.1) is 0 Å². The second kappa shape index (κ2) is 4.56. The van der Waals surface area contributed by atoms with Crippen molar-refractivity contribution >= 4 is 11.6 Å². The Morgan fingerprint density at radius 2 is 2.00 bits per heavy atom. The molecule has 2 atom stereocenters. The van der Waals surface area contributed by atoms with Crippen LogP contribution in [0.4, 0.5) is 4.39 Å². The van der Waals surface area contributed by atoms with Crippen molar-refractivity contribution < 1.29 is 4.39 Å². The van der Waals surface area contributed by atoms with Crippen LogP contribution >= 0.6 is 11.6 Å². The third-order valence-electron chi connectivity index (χ3n) is 3.87. The molecule has 0 aliphatic carbocycles. The molecule has 0 bridgehead atoms. The summed E-state index contributed by atoms with van der Waals surface area (Å²) in [6, 6.07) is 4.68. The molecule has 1 aromatic rings. The minimum atomic E-state index is -0.263. The summed E-state index contributed by atoms with van der Waals surface area (Å²) in [5.74, 6) is 1.31. The van der Waals surface area contributed by atoms with E-state index < -0.39 is 0 Å². The van der Waals surface area contributed by atoms with Crippen molar-refractivity contribution in [2.75, 3.05) is 26.2 Å². The average Bonchev–Trinajstić information content (AvgIpc) is 2.82. The molecule has 2 nitrogen and oxygen atoms in total. The number of rotatable bonds is 2. The van der Waals surface area contributed by atoms with Gasteiger partial charge in [0.1, 0.15) is 5.82 Å². The van der Waals surface area contributed by atoms with Crippen molar-refractivity contribution in [2.45, 2.75) is 6.54 Å². The lowest BCUT2D eigenvalue weighted by molar-refractivity contribution is 0.305. The SMILES string of the molecule is Fc1ccc(CN2CC3CNCC3C2)c(Cl)c1. The van der Waals surface area contributed by atoms with Crippen LogP contribution in [-0.2, 0) is 6.54 Å². The lowest BCUT2D eigenvalue weighted by atomic mass is 10.0. The zero-order chi connectivity index (χ0) is 11.8. The van der Waals surface area contributed by atoms with Crippen molar-refractivity contribution in [2.24, 2.45) is 11.8 Å². The number of benzene rings is 1. The fourth-order valence-electron chi connectivity index (χ4n) is 2.97. The van der Waals surface area contributed by atoms with Gasteiger partial charge in [0.05, 0.1) is 0 Å². The van der Waals surface area contributed by atoms with Crippen LogP contribution < -0.4 is 5.32 Å². The van der Waals surface area contributed by atoms with Crippen LogP contribution in [0.3, 0.4) is 0 Å². The number of nitrogens with zero attached hydrogens (tertiary/aromatic N) is 1. The summed E-state index contributed by atoms with van der Waals surface area (Å²) in [6.45, 7) is 5.37. The van der Waals surface area contributed by atoms with E-state index in [-0.39, 0.29) is 5.82 Å². The summed E-state index contributed by atoms with van der Waals surface area (Å²) in [7, 11) is 0. The molecule has 1 N–H and O–H groups in total. The fraction of sp³-hybridized carbons (Fsp3) is 0.538. The van der Waals surface area contributed by atoms with Gasteiger partial charge in [-0.1, -0.05) is 17.7 Å². The molecule has 2 aliphatic rings. The second-order valence-corrected chi connectivity index (χ2v) is 5.52. The van der Waals surface area contributed by atoms with Crippen LogP contribution in [0.5, 0.6) is 0 Å². The molecule has 0 spiro atoms. The van der Waals surface area contributed by atoms with Crippen molar-refractivity contribution in [3.8, 4) is 0 Å². The average molecular weight is 255 g/mol. The number of hydrogen-bond donors (Lipinski definition) is 1. The quantitative estimate of drug-likeness (QED) is 0.870. The molecule has 2 fully saturated rings. The third kappa shape index (κ3) is 2.32. The van der Waals surface area contributed by atoms with E-state index in [9.17, 15) is 4.39 Å². The van der Waals surface area contributed by atoms with Crippen molar-refractivity contribution in [3.05, 3.63) is 34.6 Å². The van der Waals surface area contributed by atoms with E-state index >= 15 is 0 Å². The van der Waals surface area contributed by atoms with E-state index in [0.717, 1.165) is 50.1 Å². The minimum absolute atomic E-state index is 0.263. The highest BCUT2D eigenvalue weighted by atomic mass is 35.5. The van der Waals surface area contributed by atoms with Gasteiger partial charge in [-0.25, -0.2) is 4.39 Å². The lowest BCUT2D eigenvalue weighted by Crippen LogP contribution is -2.25. The van der Waals surface area contributed by atoms with Gasteiger partial charge in [-0.3, -0.25) is 4.90 Å². The predicted octanol–water partition coefficient (Wildman–Crippen LogP) is 2.13. The molecule has 0 saturated carbocycles. The monoisotopic (exact) mass is 254 g/mol. The van der Waals surface area contributed by atoms with Gasteiger partial charge >= 0.3 is 0 Å². The maximum Gasteiger partial charge on any atom is 0.124 e. The summed E-state index contributed by atoms with van der Waals surface area (Å²) in [5.41, 5.74) is 1.03. The van der Waals surface area contributed by atoms with Gasteiger partial charge in [0.25, 0.3) is 0 Å². The van der Waals surface area contributed by atoms with E-state index in [1.165, 1.54) is 12.1 Å². The zero-order valence-corrected chi connectivity index (χ0v) is 10.4. The van der Waals surface area contributed by atoms with Crippen molar-refractivity contribution in [3.63, 3.8) is 0 Å². The summed E-state index contributed by atoms with van der Waals surface area (Å²) in [5, 5.41) is 3.97. The molecule has 2 unspecified atom stereocenters. The molecule has 3 rings (SSSR count). The van der Waals surface area contributed by atoms with Gasteiger partial charge in [-0.05, 0) is 42.6 Å². The van der Waals surface area contributed by atoms with Crippen LogP contribution in [0, 0.1) is 17.7 Å². The Hall–Kier alpha value is -0.640. The summed E-state index contributed by atoms with van der Waals surface area (Å²) in [4.78, 5) is 2.43. The molecule has 2 saturated heterocycles. The topological polar surface area (TPSA) is 15.3 Å². The Bertz CT molecular complexity index is 412. The van der Waals surface area contributed by atoms with E-state index in [4.69, 9.17) is 11.6 Å². The molecular weight excluding hydrogens is 239 g/mol. The predicted molar refractivity (Wildman–Crippen MR) is 66.5 cm³/mol. The number of likely N-dealkylation sites (tertiary alicyclic amines) is 1. The Kier molecular flexibility index (Phi) is 3.07. The highest BCUT2D eigenvalue weighted by molar-refractivity contribution is 6.31. The highest BCUT2D eigenvalue weighted by Gasteiger charge is 2.35. The number of fused-ring (bicyclic) bond motifs is 1. The van der Waals surface area contributed by atoms with Crippen LogP contribution in [-0.4, -0.2) is 31.1 Å². The van der Waals surface area contributed by atoms with Crippen LogP contribution in [0.1, 0.15) is 5.56 Å². The molecule has 4 heteroatoms. The molecule has 17 heavy (non-hydrogen) atoms. The first-order chi connectivity index (χ1) is 8.22. The third-order valence-corrected chi connectivity index (χ3v) is 4.23. The first-order valence-corrected chi connectivity index (χ1v) is 6.47. The van der Waals surface area contributed by atoms with Crippen molar-refractivity contribution in [1.29, 1.82) is 0 Å². The first-order valence-electron chi connectivity index (χ1n) is 6.09. The van der Waals surface area contributed by atoms with Crippen molar-refractivity contribution in [1.82, 2.24) is 10.2 Å². The lowest BCUT2D eigenvalue weighted by Gasteiger charge is -2.17. The number of halogens is 2. The normalized spacial score (nSPS) is 28.6. The maximum atomic E-state index is 12.9. The van der Waals surface area contributed by atoms with Crippen LogP contribution in [0.2, 0.25) is 5.02 Å². The maximum absolute atomic E-state index is 12.9. The van der Waals surface area contributed by atoms with E-state index in [0.29, 0.717) is 5.02 Å². The molecule has 2 heterocycles. The van der Waals surface area contributed by atoms with Crippen LogP contribution in [0.15, 0.2) is 18.2 Å². The van der Waals surface area contributed by atoms with E-state index in [2.05, 4.69) is 10.2 Å². The van der Waals surface area contributed by atoms with Gasteiger partial charge in [0.15, 0.2) is 0 Å². The fourth-order valence-corrected chi connectivity index (χ4v) is 3.20. The van der Waals surface area contributed by atoms with Gasteiger partial charge in [-0.2, -0.15) is 0 Å². The molecule has 0 aromatic heterocycles. The first kappa shape index (κ1) is 11.5. The van der Waals surface area contributed by atoms with Gasteiger partial charge in [0.2, 0.25) is 0 Å². The summed E-state index contributed by atoms with van der Waals surface area (Å²) >= 11 is 6.05. The Morgan fingerprint density at radius 1 is 1.29 bits per heavy atom. The number of hydrogen-bond acceptors (Lipinski definition) is 2. The summed E-state index contributed by atoms with van der Waals surface area (Å²) < 4.78 is 12.9. The molecule has 0 radical (unpaired) electrons. The van der Waals surface area contributed by atoms with E-state index in [1.54, 1.807) is 6.07 Å². The largest absolute Gasteiger partial charge is 0.316 e. The minimum Gasteiger partial charge on any atom is -0.316 e. The van der Waals surface area contributed by atoms with E-state index in [1.807, 2.05) is 0 Å². The highest BCUT2D eigenvalue weighted by Crippen LogP contribution is 2.28. The zero-order valence-electron chi connectivity index (χ0n) is 9.63. The Labute approximate surface area is 106 Å². The van der Waals surface area contributed by atoms with Gasteiger partial charge in [0, 0.05) is 24.7 Å². The van der Waals surface area contributed by atoms with Crippen LogP contribution in [0.25, 0.3) is 0 Å². The molecule has 0 amide bonds.